The summed E-state index contributed by atoms with van der Waals surface area (Å²) in [6, 6.07) is 5.69. The van der Waals surface area contributed by atoms with Crippen LogP contribution in [0.5, 0.6) is 11.5 Å². The first-order valence-corrected chi connectivity index (χ1v) is 9.36. The van der Waals surface area contributed by atoms with Crippen LogP contribution in [0.1, 0.15) is 15.9 Å². The van der Waals surface area contributed by atoms with Crippen molar-refractivity contribution in [3.63, 3.8) is 0 Å². The lowest BCUT2D eigenvalue weighted by molar-refractivity contribution is 0.0696. The van der Waals surface area contributed by atoms with Crippen molar-refractivity contribution in [1.82, 2.24) is 0 Å². The molecule has 0 aliphatic carbocycles. The molecule has 0 atom stereocenters. The van der Waals surface area contributed by atoms with E-state index in [1.54, 1.807) is 13.0 Å². The molecule has 1 aliphatic heterocycles. The smallest absolute Gasteiger partial charge is 0.335 e. The van der Waals surface area contributed by atoms with E-state index in [4.69, 9.17) is 9.84 Å². The van der Waals surface area contributed by atoms with Crippen LogP contribution in [0.25, 0.3) is 0 Å². The number of carbonyl (C=O) groups is 1. The van der Waals surface area contributed by atoms with E-state index in [-0.39, 0.29) is 10.6 Å². The molecular formula is C14H10O8S2. The van der Waals surface area contributed by atoms with E-state index in [0.29, 0.717) is 11.6 Å². The zero-order chi connectivity index (χ0) is 17.9. The number of aryl methyl sites for hydroxylation is 1. The number of hydrogen-bond acceptors (Lipinski definition) is 6. The molecule has 1 heterocycles. The fourth-order valence-electron chi connectivity index (χ4n) is 2.33. The fraction of sp³-hybridized carbons (Fsp3) is 0.0714. The molecule has 2 aromatic carbocycles. The lowest BCUT2D eigenvalue weighted by atomic mass is 10.2. The Bertz CT molecular complexity index is 1100. The predicted octanol–water partition coefficient (Wildman–Crippen LogP) is 1.88. The van der Waals surface area contributed by atoms with Gasteiger partial charge in [0, 0.05) is 0 Å². The topological polar surface area (TPSA) is 135 Å². The molecule has 0 spiro atoms. The average molecular weight is 370 g/mol. The van der Waals surface area contributed by atoms with Gasteiger partial charge in [-0.3, -0.25) is 4.55 Å². The van der Waals surface area contributed by atoms with Crippen LogP contribution in [0.2, 0.25) is 0 Å². The van der Waals surface area contributed by atoms with E-state index >= 15 is 0 Å². The molecule has 10 heteroatoms. The summed E-state index contributed by atoms with van der Waals surface area (Å²) in [5.41, 5.74) is 0.0124. The predicted molar refractivity (Wildman–Crippen MR) is 79.9 cm³/mol. The van der Waals surface area contributed by atoms with Gasteiger partial charge in [0.05, 0.1) is 5.56 Å². The highest BCUT2D eigenvalue weighted by Gasteiger charge is 2.37. The average Bonchev–Trinajstić information content (AvgIpc) is 2.46. The lowest BCUT2D eigenvalue weighted by Gasteiger charge is -2.22. The molecule has 8 nitrogen and oxygen atoms in total. The van der Waals surface area contributed by atoms with E-state index in [1.807, 2.05) is 0 Å². The van der Waals surface area contributed by atoms with Crippen LogP contribution in [0, 0.1) is 6.92 Å². The molecule has 3 rings (SSSR count). The zero-order valence-corrected chi connectivity index (χ0v) is 13.7. The van der Waals surface area contributed by atoms with Gasteiger partial charge in [-0.1, -0.05) is 6.07 Å². The van der Waals surface area contributed by atoms with E-state index in [2.05, 4.69) is 0 Å². The van der Waals surface area contributed by atoms with Crippen molar-refractivity contribution < 1.29 is 36.0 Å². The Morgan fingerprint density at radius 3 is 2.38 bits per heavy atom. The van der Waals surface area contributed by atoms with Gasteiger partial charge in [0.1, 0.15) is 20.4 Å². The second-order valence-corrected chi connectivity index (χ2v) is 8.41. The van der Waals surface area contributed by atoms with Gasteiger partial charge >= 0.3 is 5.97 Å². The SMILES string of the molecule is Cc1ccc2c(c1)S(=O)(=O)c1cc(C(=O)O)cc(S(=O)(=O)O)c1O2. The third-order valence-corrected chi connectivity index (χ3v) is 6.08. The summed E-state index contributed by atoms with van der Waals surface area (Å²) in [6.45, 7) is 1.66. The first kappa shape index (κ1) is 16.4. The summed E-state index contributed by atoms with van der Waals surface area (Å²) in [5, 5.41) is 9.07. The molecule has 0 amide bonds. The van der Waals surface area contributed by atoms with Crippen LogP contribution in [-0.2, 0) is 20.0 Å². The fourth-order valence-corrected chi connectivity index (χ4v) is 4.69. The molecule has 0 saturated carbocycles. The Hall–Kier alpha value is -2.43. The number of aromatic carboxylic acids is 1. The Balaban J connectivity index is 2.44. The monoisotopic (exact) mass is 370 g/mol. The minimum absolute atomic E-state index is 0.110. The summed E-state index contributed by atoms with van der Waals surface area (Å²) in [6.07, 6.45) is 0. The summed E-state index contributed by atoms with van der Waals surface area (Å²) < 4.78 is 63.3. The van der Waals surface area contributed by atoms with Crippen LogP contribution >= 0.6 is 0 Å². The quantitative estimate of drug-likeness (QED) is 0.653. The van der Waals surface area contributed by atoms with Gasteiger partial charge in [0.25, 0.3) is 10.1 Å². The molecule has 0 bridgehead atoms. The maximum Gasteiger partial charge on any atom is 0.335 e. The minimum atomic E-state index is -4.91. The molecule has 2 aromatic rings. The van der Waals surface area contributed by atoms with Gasteiger partial charge in [-0.2, -0.15) is 8.42 Å². The van der Waals surface area contributed by atoms with E-state index in [9.17, 15) is 26.2 Å². The first-order valence-electron chi connectivity index (χ1n) is 6.44. The number of sulfone groups is 1. The van der Waals surface area contributed by atoms with Crippen LogP contribution in [0.4, 0.5) is 0 Å². The third-order valence-electron chi connectivity index (χ3n) is 3.44. The second-order valence-electron chi connectivity index (χ2n) is 5.14. The van der Waals surface area contributed by atoms with Crippen molar-refractivity contribution in [2.75, 3.05) is 0 Å². The molecule has 126 valence electrons. The van der Waals surface area contributed by atoms with Gasteiger partial charge in [0.15, 0.2) is 5.75 Å². The molecule has 0 unspecified atom stereocenters. The number of carboxylic acid groups (broad SMARTS) is 1. The normalized spacial score (nSPS) is 15.1. The molecule has 0 aromatic heterocycles. The summed E-state index contributed by atoms with van der Waals surface area (Å²) in [5.74, 6) is -2.28. The van der Waals surface area contributed by atoms with Crippen molar-refractivity contribution in [2.24, 2.45) is 0 Å². The van der Waals surface area contributed by atoms with Gasteiger partial charge < -0.3 is 9.84 Å². The Morgan fingerprint density at radius 1 is 1.12 bits per heavy atom. The molecule has 0 fully saturated rings. The third kappa shape index (κ3) is 2.44. The van der Waals surface area contributed by atoms with Gasteiger partial charge in [0.2, 0.25) is 9.84 Å². The number of benzene rings is 2. The van der Waals surface area contributed by atoms with E-state index < -0.39 is 47.0 Å². The van der Waals surface area contributed by atoms with Crippen molar-refractivity contribution in [2.45, 2.75) is 21.6 Å². The van der Waals surface area contributed by atoms with Crippen LogP contribution in [0.3, 0.4) is 0 Å². The molecule has 1 aliphatic rings. The number of rotatable bonds is 2. The lowest BCUT2D eigenvalue weighted by Crippen LogP contribution is -2.16. The number of carboxylic acids is 1. The Kier molecular flexibility index (Phi) is 3.44. The van der Waals surface area contributed by atoms with Crippen LogP contribution < -0.4 is 4.74 Å². The zero-order valence-electron chi connectivity index (χ0n) is 12.0. The maximum absolute atomic E-state index is 12.8. The Morgan fingerprint density at radius 2 is 1.79 bits per heavy atom. The van der Waals surface area contributed by atoms with Crippen molar-refractivity contribution in [3.05, 3.63) is 41.5 Å². The second kappa shape index (κ2) is 5.03. The molecule has 24 heavy (non-hydrogen) atoms. The standard InChI is InChI=1S/C14H10O8S2/c1-7-2-3-9-10(4-7)23(17,18)11-5-8(14(15)16)6-12(13(11)22-9)24(19,20)21/h2-6H,1H3,(H,15,16)(H,19,20,21). The van der Waals surface area contributed by atoms with Gasteiger partial charge in [-0.25, -0.2) is 13.2 Å². The number of fused-ring (bicyclic) bond motifs is 2. The van der Waals surface area contributed by atoms with Gasteiger partial charge in [-0.05, 0) is 36.8 Å². The van der Waals surface area contributed by atoms with Crippen molar-refractivity contribution >= 4 is 25.9 Å². The highest BCUT2D eigenvalue weighted by atomic mass is 32.2. The van der Waals surface area contributed by atoms with Crippen molar-refractivity contribution in [3.8, 4) is 11.5 Å². The van der Waals surface area contributed by atoms with Crippen LogP contribution in [0.15, 0.2) is 45.0 Å². The molecule has 0 radical (unpaired) electrons. The van der Waals surface area contributed by atoms with Gasteiger partial charge in [-0.15, -0.1) is 0 Å². The largest absolute Gasteiger partial charge is 0.478 e. The first-order chi connectivity index (χ1) is 11.0. The molecule has 2 N–H and O–H groups in total. The maximum atomic E-state index is 12.8. The summed E-state index contributed by atoms with van der Waals surface area (Å²) in [4.78, 5) is 9.40. The number of ether oxygens (including phenoxy) is 1. The highest BCUT2D eigenvalue weighted by molar-refractivity contribution is 7.92. The highest BCUT2D eigenvalue weighted by Crippen LogP contribution is 2.46. The van der Waals surface area contributed by atoms with E-state index in [1.165, 1.54) is 12.1 Å². The summed E-state index contributed by atoms with van der Waals surface area (Å²) in [7, 11) is -9.14. The van der Waals surface area contributed by atoms with Crippen molar-refractivity contribution in [1.29, 1.82) is 0 Å². The Labute approximate surface area is 137 Å². The summed E-state index contributed by atoms with van der Waals surface area (Å²) >= 11 is 0. The molecule has 0 saturated heterocycles. The number of hydrogen-bond donors (Lipinski definition) is 2. The molecular weight excluding hydrogens is 360 g/mol. The minimum Gasteiger partial charge on any atom is -0.478 e. The van der Waals surface area contributed by atoms with Crippen LogP contribution in [-0.4, -0.2) is 32.5 Å². The van der Waals surface area contributed by atoms with E-state index in [0.717, 1.165) is 6.07 Å².